The van der Waals surface area contributed by atoms with Crippen molar-refractivity contribution >= 4 is 21.7 Å². The van der Waals surface area contributed by atoms with Crippen LogP contribution in [0.15, 0.2) is 0 Å². The predicted molar refractivity (Wildman–Crippen MR) is 67.8 cm³/mol. The van der Waals surface area contributed by atoms with Gasteiger partial charge in [-0.2, -0.15) is 0 Å². The lowest BCUT2D eigenvalue weighted by Crippen LogP contribution is -2.34. The topological polar surface area (TPSA) is 89.5 Å². The first-order valence-electron chi connectivity index (χ1n) is 5.87. The second-order valence-corrected chi connectivity index (χ2v) is 6.29. The summed E-state index contributed by atoms with van der Waals surface area (Å²) in [6.45, 7) is 3.90. The van der Waals surface area contributed by atoms with Gasteiger partial charge in [-0.05, 0) is 6.42 Å². The van der Waals surface area contributed by atoms with E-state index < -0.39 is 33.4 Å². The molecule has 0 saturated carbocycles. The second-order valence-electron chi connectivity index (χ2n) is 4.18. The summed E-state index contributed by atoms with van der Waals surface area (Å²) in [6.07, 6.45) is 1.73. The van der Waals surface area contributed by atoms with Gasteiger partial charge < -0.3 is 10.1 Å². The molecule has 0 fully saturated rings. The molecule has 0 aliphatic carbocycles. The predicted octanol–water partition coefficient (Wildman–Crippen LogP) is 0.127. The standard InChI is InChI=1S/C11H21NO5S/c1-4-5-6-12-10(13)8-18(15,16)7-9(2)11(14)17-3/h9H,4-8H2,1-3H3,(H,12,13). The Morgan fingerprint density at radius 3 is 2.44 bits per heavy atom. The number of hydrogen-bond donors (Lipinski definition) is 1. The molecule has 1 unspecified atom stereocenters. The minimum atomic E-state index is -3.59. The summed E-state index contributed by atoms with van der Waals surface area (Å²) < 4.78 is 27.7. The van der Waals surface area contributed by atoms with Gasteiger partial charge in [0.25, 0.3) is 0 Å². The number of rotatable bonds is 8. The van der Waals surface area contributed by atoms with E-state index in [0.29, 0.717) is 6.54 Å². The number of methoxy groups -OCH3 is 1. The van der Waals surface area contributed by atoms with Crippen LogP contribution in [0.3, 0.4) is 0 Å². The van der Waals surface area contributed by atoms with Gasteiger partial charge in [-0.25, -0.2) is 8.42 Å². The number of carbonyl (C=O) groups is 2. The minimum Gasteiger partial charge on any atom is -0.469 e. The third-order valence-corrected chi connectivity index (χ3v) is 4.02. The first-order valence-corrected chi connectivity index (χ1v) is 7.69. The fourth-order valence-corrected chi connectivity index (χ4v) is 2.88. The van der Waals surface area contributed by atoms with Gasteiger partial charge in [0.05, 0.1) is 18.8 Å². The quantitative estimate of drug-likeness (QED) is 0.504. The smallest absolute Gasteiger partial charge is 0.309 e. The van der Waals surface area contributed by atoms with E-state index in [0.717, 1.165) is 12.8 Å². The fourth-order valence-electron chi connectivity index (χ4n) is 1.36. The lowest BCUT2D eigenvalue weighted by atomic mass is 10.2. The maximum Gasteiger partial charge on any atom is 0.309 e. The van der Waals surface area contributed by atoms with Crippen molar-refractivity contribution in [3.8, 4) is 0 Å². The normalized spacial score (nSPS) is 12.8. The maximum absolute atomic E-state index is 11.6. The number of sulfone groups is 1. The van der Waals surface area contributed by atoms with E-state index in [1.165, 1.54) is 14.0 Å². The Morgan fingerprint density at radius 2 is 1.94 bits per heavy atom. The molecule has 0 aromatic heterocycles. The highest BCUT2D eigenvalue weighted by Crippen LogP contribution is 2.04. The summed E-state index contributed by atoms with van der Waals surface area (Å²) >= 11 is 0. The summed E-state index contributed by atoms with van der Waals surface area (Å²) in [5.74, 6) is -2.84. The second kappa shape index (κ2) is 8.07. The average molecular weight is 279 g/mol. The molecule has 7 heteroatoms. The van der Waals surface area contributed by atoms with Crippen LogP contribution in [0.25, 0.3) is 0 Å². The van der Waals surface area contributed by atoms with Gasteiger partial charge >= 0.3 is 5.97 Å². The monoisotopic (exact) mass is 279 g/mol. The summed E-state index contributed by atoms with van der Waals surface area (Å²) in [5, 5.41) is 2.52. The Labute approximate surface area is 108 Å². The number of hydrogen-bond acceptors (Lipinski definition) is 5. The van der Waals surface area contributed by atoms with Gasteiger partial charge in [0.1, 0.15) is 5.75 Å². The van der Waals surface area contributed by atoms with Crippen LogP contribution in [0, 0.1) is 5.92 Å². The molecule has 0 heterocycles. The van der Waals surface area contributed by atoms with E-state index in [1.807, 2.05) is 6.92 Å². The van der Waals surface area contributed by atoms with Gasteiger partial charge in [-0.1, -0.05) is 20.3 Å². The first kappa shape index (κ1) is 16.9. The molecule has 0 aromatic carbocycles. The fraction of sp³-hybridized carbons (Fsp3) is 0.818. The van der Waals surface area contributed by atoms with Crippen LogP contribution < -0.4 is 5.32 Å². The van der Waals surface area contributed by atoms with E-state index >= 15 is 0 Å². The highest BCUT2D eigenvalue weighted by atomic mass is 32.2. The zero-order chi connectivity index (χ0) is 14.2. The third-order valence-electron chi connectivity index (χ3n) is 2.31. The average Bonchev–Trinajstić information content (AvgIpc) is 2.26. The van der Waals surface area contributed by atoms with Crippen molar-refractivity contribution in [2.45, 2.75) is 26.7 Å². The molecule has 0 rings (SSSR count). The lowest BCUT2D eigenvalue weighted by Gasteiger charge is -2.10. The molecular formula is C11H21NO5S. The summed E-state index contributed by atoms with van der Waals surface area (Å²) in [6, 6.07) is 0. The molecule has 0 aliphatic rings. The molecule has 0 spiro atoms. The Kier molecular flexibility index (Phi) is 7.58. The molecule has 0 saturated heterocycles. The van der Waals surface area contributed by atoms with Gasteiger partial charge in [0, 0.05) is 6.54 Å². The Morgan fingerprint density at radius 1 is 1.33 bits per heavy atom. The van der Waals surface area contributed by atoms with E-state index in [4.69, 9.17) is 0 Å². The van der Waals surface area contributed by atoms with Gasteiger partial charge in [0.15, 0.2) is 9.84 Å². The maximum atomic E-state index is 11.6. The Hall–Kier alpha value is -1.11. The van der Waals surface area contributed by atoms with E-state index in [2.05, 4.69) is 10.1 Å². The number of esters is 1. The Balaban J connectivity index is 4.22. The molecule has 18 heavy (non-hydrogen) atoms. The SMILES string of the molecule is CCCCNC(=O)CS(=O)(=O)CC(C)C(=O)OC. The number of carbonyl (C=O) groups excluding carboxylic acids is 2. The minimum absolute atomic E-state index is 0.374. The van der Waals surface area contributed by atoms with Gasteiger partial charge in [-0.15, -0.1) is 0 Å². The molecule has 106 valence electrons. The number of nitrogens with one attached hydrogen (secondary N) is 1. The van der Waals surface area contributed by atoms with Crippen LogP contribution in [0.2, 0.25) is 0 Å². The third kappa shape index (κ3) is 7.26. The van der Waals surface area contributed by atoms with Crippen LogP contribution in [0.4, 0.5) is 0 Å². The van der Waals surface area contributed by atoms with Crippen molar-refractivity contribution in [3.05, 3.63) is 0 Å². The lowest BCUT2D eigenvalue weighted by molar-refractivity contribution is -0.144. The van der Waals surface area contributed by atoms with Crippen molar-refractivity contribution in [1.82, 2.24) is 5.32 Å². The summed E-state index contributed by atoms with van der Waals surface area (Å²) in [5.41, 5.74) is 0. The molecule has 0 aliphatic heterocycles. The van der Waals surface area contributed by atoms with Crippen LogP contribution in [-0.4, -0.2) is 45.5 Å². The van der Waals surface area contributed by atoms with E-state index in [-0.39, 0.29) is 5.75 Å². The highest BCUT2D eigenvalue weighted by molar-refractivity contribution is 7.92. The van der Waals surface area contributed by atoms with Crippen molar-refractivity contribution in [1.29, 1.82) is 0 Å². The number of unbranched alkanes of at least 4 members (excludes halogenated alkanes) is 1. The molecule has 0 aromatic rings. The molecule has 0 bridgehead atoms. The molecule has 0 radical (unpaired) electrons. The largest absolute Gasteiger partial charge is 0.469 e. The van der Waals surface area contributed by atoms with Gasteiger partial charge in [0.2, 0.25) is 5.91 Å². The van der Waals surface area contributed by atoms with Crippen molar-refractivity contribution < 1.29 is 22.7 Å². The van der Waals surface area contributed by atoms with E-state index in [1.54, 1.807) is 0 Å². The Bertz CT molecular complexity index is 377. The van der Waals surface area contributed by atoms with Crippen LogP contribution in [-0.2, 0) is 24.2 Å². The zero-order valence-corrected chi connectivity index (χ0v) is 11.9. The zero-order valence-electron chi connectivity index (χ0n) is 11.1. The first-order chi connectivity index (χ1) is 8.32. The molecular weight excluding hydrogens is 258 g/mol. The summed E-state index contributed by atoms with van der Waals surface area (Å²) in [7, 11) is -2.39. The van der Waals surface area contributed by atoms with Crippen LogP contribution in [0.1, 0.15) is 26.7 Å². The summed E-state index contributed by atoms with van der Waals surface area (Å²) in [4.78, 5) is 22.4. The van der Waals surface area contributed by atoms with Crippen molar-refractivity contribution in [3.63, 3.8) is 0 Å². The van der Waals surface area contributed by atoms with Crippen molar-refractivity contribution in [2.24, 2.45) is 5.92 Å². The molecule has 6 nitrogen and oxygen atoms in total. The highest BCUT2D eigenvalue weighted by Gasteiger charge is 2.24. The van der Waals surface area contributed by atoms with Crippen LogP contribution >= 0.6 is 0 Å². The number of ether oxygens (including phenoxy) is 1. The molecule has 1 amide bonds. The van der Waals surface area contributed by atoms with Crippen LogP contribution in [0.5, 0.6) is 0 Å². The molecule has 1 N–H and O–H groups in total. The van der Waals surface area contributed by atoms with Gasteiger partial charge in [-0.3, -0.25) is 9.59 Å². The van der Waals surface area contributed by atoms with E-state index in [9.17, 15) is 18.0 Å². The van der Waals surface area contributed by atoms with Crippen molar-refractivity contribution in [2.75, 3.05) is 25.2 Å². The molecule has 1 atom stereocenters. The number of amides is 1.